The monoisotopic (exact) mass is 237 g/mol. The van der Waals surface area contributed by atoms with Crippen molar-refractivity contribution in [3.05, 3.63) is 39.9 Å². The Balaban J connectivity index is 2.82. The van der Waals surface area contributed by atoms with E-state index in [2.05, 4.69) is 6.92 Å². The lowest BCUT2D eigenvalue weighted by Crippen LogP contribution is -2.12. The Hall–Kier alpha value is -1.58. The summed E-state index contributed by atoms with van der Waals surface area (Å²) in [5.41, 5.74) is 0.995. The SMILES string of the molecule is CCCC[C@@H](C[N+](=O)[O-])c1cccc(OC)c1. The molecule has 1 aromatic carbocycles. The van der Waals surface area contributed by atoms with Gasteiger partial charge in [0.1, 0.15) is 5.75 Å². The van der Waals surface area contributed by atoms with E-state index in [0.29, 0.717) is 0 Å². The first-order valence-electron chi connectivity index (χ1n) is 5.93. The summed E-state index contributed by atoms with van der Waals surface area (Å²) in [6, 6.07) is 7.57. The predicted octanol–water partition coefficient (Wildman–Crippen LogP) is 3.25. The largest absolute Gasteiger partial charge is 0.497 e. The first-order chi connectivity index (χ1) is 8.17. The lowest BCUT2D eigenvalue weighted by atomic mass is 9.93. The third-order valence-electron chi connectivity index (χ3n) is 2.84. The van der Waals surface area contributed by atoms with Gasteiger partial charge in [-0.3, -0.25) is 10.1 Å². The number of hydrogen-bond donors (Lipinski definition) is 0. The van der Waals surface area contributed by atoms with Gasteiger partial charge in [0, 0.05) is 10.8 Å². The van der Waals surface area contributed by atoms with Crippen molar-refractivity contribution in [2.75, 3.05) is 13.7 Å². The molecule has 94 valence electrons. The van der Waals surface area contributed by atoms with Crippen molar-refractivity contribution in [2.45, 2.75) is 32.1 Å². The van der Waals surface area contributed by atoms with Crippen LogP contribution in [-0.4, -0.2) is 18.6 Å². The zero-order chi connectivity index (χ0) is 12.7. The number of benzene rings is 1. The van der Waals surface area contributed by atoms with Crippen molar-refractivity contribution in [1.82, 2.24) is 0 Å². The fourth-order valence-corrected chi connectivity index (χ4v) is 1.89. The Morgan fingerprint density at radius 3 is 2.82 bits per heavy atom. The highest BCUT2D eigenvalue weighted by Crippen LogP contribution is 2.25. The molecule has 0 amide bonds. The second-order valence-corrected chi connectivity index (χ2v) is 4.13. The summed E-state index contributed by atoms with van der Waals surface area (Å²) in [4.78, 5) is 10.4. The first kappa shape index (κ1) is 13.5. The molecule has 0 N–H and O–H groups in total. The zero-order valence-corrected chi connectivity index (χ0v) is 10.4. The highest BCUT2D eigenvalue weighted by Gasteiger charge is 2.17. The molecule has 0 unspecified atom stereocenters. The van der Waals surface area contributed by atoms with E-state index in [0.717, 1.165) is 30.6 Å². The van der Waals surface area contributed by atoms with Gasteiger partial charge in [-0.15, -0.1) is 0 Å². The Bertz CT molecular complexity index is 365. The average Bonchev–Trinajstić information content (AvgIpc) is 2.34. The first-order valence-corrected chi connectivity index (χ1v) is 5.93. The summed E-state index contributed by atoms with van der Waals surface area (Å²) in [5, 5.41) is 10.7. The smallest absolute Gasteiger partial charge is 0.210 e. The summed E-state index contributed by atoms with van der Waals surface area (Å²) < 4.78 is 5.14. The van der Waals surface area contributed by atoms with Gasteiger partial charge in [-0.2, -0.15) is 0 Å². The molecule has 1 aromatic rings. The minimum atomic E-state index is -0.236. The van der Waals surface area contributed by atoms with E-state index < -0.39 is 0 Å². The van der Waals surface area contributed by atoms with E-state index in [9.17, 15) is 10.1 Å². The number of methoxy groups -OCH3 is 1. The standard InChI is InChI=1S/C13H19NO3/c1-3-4-6-12(10-14(15)16)11-7-5-8-13(9-11)17-2/h5,7-9,12H,3-4,6,10H2,1-2H3/t12-/m0/s1. The zero-order valence-electron chi connectivity index (χ0n) is 10.4. The van der Waals surface area contributed by atoms with Gasteiger partial charge in [0.15, 0.2) is 0 Å². The Morgan fingerprint density at radius 2 is 2.24 bits per heavy atom. The molecule has 4 heteroatoms. The van der Waals surface area contributed by atoms with Crippen molar-refractivity contribution < 1.29 is 9.66 Å². The predicted molar refractivity (Wildman–Crippen MR) is 67.1 cm³/mol. The minimum Gasteiger partial charge on any atom is -0.497 e. The molecular weight excluding hydrogens is 218 g/mol. The second kappa shape index (κ2) is 6.89. The molecule has 0 aliphatic carbocycles. The van der Waals surface area contributed by atoms with Crippen LogP contribution in [0.3, 0.4) is 0 Å². The molecule has 0 saturated heterocycles. The van der Waals surface area contributed by atoms with E-state index in [-0.39, 0.29) is 17.4 Å². The minimum absolute atomic E-state index is 0.00678. The maximum absolute atomic E-state index is 10.7. The van der Waals surface area contributed by atoms with E-state index in [1.807, 2.05) is 24.3 Å². The van der Waals surface area contributed by atoms with Gasteiger partial charge in [-0.25, -0.2) is 0 Å². The number of nitro groups is 1. The van der Waals surface area contributed by atoms with Crippen molar-refractivity contribution in [3.8, 4) is 5.75 Å². The van der Waals surface area contributed by atoms with E-state index in [1.54, 1.807) is 7.11 Å². The van der Waals surface area contributed by atoms with Crippen LogP contribution in [0.4, 0.5) is 0 Å². The van der Waals surface area contributed by atoms with Gasteiger partial charge < -0.3 is 4.74 Å². The molecule has 4 nitrogen and oxygen atoms in total. The number of rotatable bonds is 7. The Labute approximate surface area is 102 Å². The van der Waals surface area contributed by atoms with Crippen LogP contribution in [0.25, 0.3) is 0 Å². The Kier molecular flexibility index (Phi) is 5.46. The molecule has 0 saturated carbocycles. The summed E-state index contributed by atoms with van der Waals surface area (Å²) in [7, 11) is 1.60. The lowest BCUT2D eigenvalue weighted by Gasteiger charge is -2.13. The number of unbranched alkanes of at least 4 members (excludes halogenated alkanes) is 1. The number of ether oxygens (including phenoxy) is 1. The summed E-state index contributed by atoms with van der Waals surface area (Å²) in [5.74, 6) is 0.743. The highest BCUT2D eigenvalue weighted by molar-refractivity contribution is 5.30. The molecule has 0 spiro atoms. The maximum atomic E-state index is 10.7. The van der Waals surface area contributed by atoms with Crippen LogP contribution in [0.1, 0.15) is 37.7 Å². The molecule has 0 fully saturated rings. The topological polar surface area (TPSA) is 52.4 Å². The lowest BCUT2D eigenvalue weighted by molar-refractivity contribution is -0.483. The molecule has 0 aromatic heterocycles. The van der Waals surface area contributed by atoms with Gasteiger partial charge in [-0.1, -0.05) is 31.9 Å². The third kappa shape index (κ3) is 4.43. The van der Waals surface area contributed by atoms with Crippen molar-refractivity contribution in [2.24, 2.45) is 0 Å². The summed E-state index contributed by atoms with van der Waals surface area (Å²) in [6.45, 7) is 2.09. The van der Waals surface area contributed by atoms with E-state index in [1.165, 1.54) is 0 Å². The van der Waals surface area contributed by atoms with Gasteiger partial charge in [0.05, 0.1) is 7.11 Å². The quantitative estimate of drug-likeness (QED) is 0.540. The normalized spacial score (nSPS) is 12.1. The van der Waals surface area contributed by atoms with Crippen molar-refractivity contribution in [1.29, 1.82) is 0 Å². The van der Waals surface area contributed by atoms with Crippen LogP contribution in [0.15, 0.2) is 24.3 Å². The molecule has 0 heterocycles. The highest BCUT2D eigenvalue weighted by atomic mass is 16.6. The molecule has 1 atom stereocenters. The molecule has 0 aliphatic rings. The van der Waals surface area contributed by atoms with Gasteiger partial charge >= 0.3 is 0 Å². The van der Waals surface area contributed by atoms with Crippen LogP contribution in [0.5, 0.6) is 5.75 Å². The van der Waals surface area contributed by atoms with Crippen molar-refractivity contribution >= 4 is 0 Å². The van der Waals surface area contributed by atoms with Crippen LogP contribution in [-0.2, 0) is 0 Å². The van der Waals surface area contributed by atoms with E-state index >= 15 is 0 Å². The fraction of sp³-hybridized carbons (Fsp3) is 0.538. The fourth-order valence-electron chi connectivity index (χ4n) is 1.89. The van der Waals surface area contributed by atoms with Crippen LogP contribution in [0.2, 0.25) is 0 Å². The van der Waals surface area contributed by atoms with Gasteiger partial charge in [-0.05, 0) is 24.1 Å². The van der Waals surface area contributed by atoms with Crippen molar-refractivity contribution in [3.63, 3.8) is 0 Å². The molecule has 17 heavy (non-hydrogen) atoms. The third-order valence-corrected chi connectivity index (χ3v) is 2.84. The molecular formula is C13H19NO3. The average molecular weight is 237 g/mol. The van der Waals surface area contributed by atoms with Gasteiger partial charge in [0.2, 0.25) is 6.54 Å². The molecule has 0 aliphatic heterocycles. The molecule has 0 bridgehead atoms. The van der Waals surface area contributed by atoms with Gasteiger partial charge in [0.25, 0.3) is 0 Å². The summed E-state index contributed by atoms with van der Waals surface area (Å²) in [6.07, 6.45) is 2.92. The van der Waals surface area contributed by atoms with Crippen LogP contribution < -0.4 is 4.74 Å². The Morgan fingerprint density at radius 1 is 1.47 bits per heavy atom. The maximum Gasteiger partial charge on any atom is 0.210 e. The van der Waals surface area contributed by atoms with Crippen LogP contribution >= 0.6 is 0 Å². The molecule has 1 rings (SSSR count). The van der Waals surface area contributed by atoms with Crippen LogP contribution in [0, 0.1) is 10.1 Å². The van der Waals surface area contributed by atoms with E-state index in [4.69, 9.17) is 4.74 Å². The number of nitrogens with zero attached hydrogens (tertiary/aromatic N) is 1. The second-order valence-electron chi connectivity index (χ2n) is 4.13. The molecule has 0 radical (unpaired) electrons. The summed E-state index contributed by atoms with van der Waals surface area (Å²) >= 11 is 0. The number of hydrogen-bond acceptors (Lipinski definition) is 3.